The number of hydrogen-bond acceptors (Lipinski definition) is 4. The molecule has 2 atom stereocenters. The van der Waals surface area contributed by atoms with Gasteiger partial charge in [0.25, 0.3) is 0 Å². The van der Waals surface area contributed by atoms with Crippen molar-refractivity contribution in [2.45, 2.75) is 37.1 Å². The summed E-state index contributed by atoms with van der Waals surface area (Å²) in [5.74, 6) is -0.0279. The SMILES string of the molecule is Cl.N#Cc1cccc(CS(=O)(=O)N2CCC3CCC(C2)N3)c1. The van der Waals surface area contributed by atoms with Gasteiger partial charge in [-0.05, 0) is 37.0 Å². The van der Waals surface area contributed by atoms with Crippen molar-refractivity contribution in [3.05, 3.63) is 35.4 Å². The Morgan fingerprint density at radius 2 is 2.05 bits per heavy atom. The van der Waals surface area contributed by atoms with Gasteiger partial charge < -0.3 is 5.32 Å². The molecule has 2 heterocycles. The number of nitrogens with zero attached hydrogens (tertiary/aromatic N) is 2. The quantitative estimate of drug-likeness (QED) is 0.907. The molecule has 120 valence electrons. The predicted molar refractivity (Wildman–Crippen MR) is 87.2 cm³/mol. The van der Waals surface area contributed by atoms with E-state index in [1.165, 1.54) is 0 Å². The van der Waals surface area contributed by atoms with Crippen LogP contribution in [0.5, 0.6) is 0 Å². The average Bonchev–Trinajstić information content (AvgIpc) is 2.77. The first-order chi connectivity index (χ1) is 10.1. The third kappa shape index (κ3) is 3.79. The van der Waals surface area contributed by atoms with E-state index < -0.39 is 10.0 Å². The molecule has 2 unspecified atom stereocenters. The Bertz CT molecular complexity index is 672. The average molecular weight is 342 g/mol. The smallest absolute Gasteiger partial charge is 0.218 e. The van der Waals surface area contributed by atoms with Crippen LogP contribution in [0.3, 0.4) is 0 Å². The first kappa shape index (κ1) is 17.2. The van der Waals surface area contributed by atoms with Gasteiger partial charge in [0.15, 0.2) is 0 Å². The van der Waals surface area contributed by atoms with Crippen molar-refractivity contribution in [1.29, 1.82) is 5.26 Å². The molecule has 0 amide bonds. The lowest BCUT2D eigenvalue weighted by molar-refractivity contribution is 0.383. The Kier molecular flexibility index (Phi) is 5.45. The molecule has 1 aromatic carbocycles. The lowest BCUT2D eigenvalue weighted by Crippen LogP contribution is -2.39. The highest BCUT2D eigenvalue weighted by Crippen LogP contribution is 2.23. The second kappa shape index (κ2) is 6.97. The van der Waals surface area contributed by atoms with Gasteiger partial charge in [-0.3, -0.25) is 0 Å². The largest absolute Gasteiger partial charge is 0.310 e. The Morgan fingerprint density at radius 3 is 2.82 bits per heavy atom. The molecule has 2 saturated heterocycles. The number of sulfonamides is 1. The summed E-state index contributed by atoms with van der Waals surface area (Å²) >= 11 is 0. The fourth-order valence-electron chi connectivity index (χ4n) is 3.20. The third-order valence-electron chi connectivity index (χ3n) is 4.28. The summed E-state index contributed by atoms with van der Waals surface area (Å²) in [6.45, 7) is 1.16. The van der Waals surface area contributed by atoms with E-state index in [1.54, 1.807) is 28.6 Å². The molecular formula is C15H20ClN3O2S. The van der Waals surface area contributed by atoms with Crippen LogP contribution in [-0.4, -0.2) is 37.9 Å². The van der Waals surface area contributed by atoms with Gasteiger partial charge in [-0.2, -0.15) is 5.26 Å². The second-order valence-electron chi connectivity index (χ2n) is 5.85. The summed E-state index contributed by atoms with van der Waals surface area (Å²) in [5, 5.41) is 12.4. The molecule has 2 aliphatic heterocycles. The zero-order valence-electron chi connectivity index (χ0n) is 12.2. The maximum Gasteiger partial charge on any atom is 0.218 e. The van der Waals surface area contributed by atoms with Crippen LogP contribution < -0.4 is 5.32 Å². The number of fused-ring (bicyclic) bond motifs is 2. The maximum atomic E-state index is 12.6. The van der Waals surface area contributed by atoms with E-state index in [-0.39, 0.29) is 24.2 Å². The molecule has 2 aliphatic rings. The predicted octanol–water partition coefficient (Wildman–Crippen LogP) is 1.64. The first-order valence-electron chi connectivity index (χ1n) is 7.30. The zero-order valence-corrected chi connectivity index (χ0v) is 13.9. The van der Waals surface area contributed by atoms with E-state index in [0.29, 0.717) is 30.3 Å². The Labute approximate surface area is 137 Å². The van der Waals surface area contributed by atoms with Crippen LogP contribution in [0.4, 0.5) is 0 Å². The highest BCUT2D eigenvalue weighted by Gasteiger charge is 2.34. The summed E-state index contributed by atoms with van der Waals surface area (Å²) in [7, 11) is -3.32. The zero-order chi connectivity index (χ0) is 14.9. The summed E-state index contributed by atoms with van der Waals surface area (Å²) in [6, 6.07) is 9.64. The van der Waals surface area contributed by atoms with E-state index in [9.17, 15) is 8.42 Å². The van der Waals surface area contributed by atoms with Gasteiger partial charge in [0.05, 0.1) is 17.4 Å². The standard InChI is InChI=1S/C15H19N3O2S.ClH/c16-9-12-2-1-3-13(8-12)11-21(19,20)18-7-6-14-4-5-15(10-18)17-14;/h1-3,8,14-15,17H,4-7,10-11H2;1H. The molecule has 5 nitrogen and oxygen atoms in total. The molecule has 0 spiro atoms. The van der Waals surface area contributed by atoms with E-state index in [2.05, 4.69) is 5.32 Å². The minimum Gasteiger partial charge on any atom is -0.310 e. The molecule has 0 saturated carbocycles. The van der Waals surface area contributed by atoms with E-state index >= 15 is 0 Å². The third-order valence-corrected chi connectivity index (χ3v) is 6.10. The topological polar surface area (TPSA) is 73.2 Å². The molecule has 7 heteroatoms. The van der Waals surface area contributed by atoms with Crippen LogP contribution in [0.1, 0.15) is 30.4 Å². The van der Waals surface area contributed by atoms with Crippen molar-refractivity contribution in [3.8, 4) is 6.07 Å². The summed E-state index contributed by atoms with van der Waals surface area (Å²) in [4.78, 5) is 0. The molecule has 2 fully saturated rings. The number of hydrogen-bond donors (Lipinski definition) is 1. The van der Waals surface area contributed by atoms with Gasteiger partial charge in [0.1, 0.15) is 0 Å². The van der Waals surface area contributed by atoms with Crippen LogP contribution in [0.15, 0.2) is 24.3 Å². The summed E-state index contributed by atoms with van der Waals surface area (Å²) in [5.41, 5.74) is 1.18. The molecule has 1 N–H and O–H groups in total. The molecule has 2 bridgehead atoms. The van der Waals surface area contributed by atoms with Crippen LogP contribution in [-0.2, 0) is 15.8 Å². The van der Waals surface area contributed by atoms with Crippen LogP contribution >= 0.6 is 12.4 Å². The molecule has 22 heavy (non-hydrogen) atoms. The van der Waals surface area contributed by atoms with Gasteiger partial charge in [-0.25, -0.2) is 12.7 Å². The van der Waals surface area contributed by atoms with Gasteiger partial charge in [-0.15, -0.1) is 12.4 Å². The lowest BCUT2D eigenvalue weighted by Gasteiger charge is -2.23. The monoisotopic (exact) mass is 341 g/mol. The van der Waals surface area contributed by atoms with Crippen LogP contribution in [0.25, 0.3) is 0 Å². The molecule has 0 radical (unpaired) electrons. The normalized spacial score (nSPS) is 25.0. The van der Waals surface area contributed by atoms with Crippen molar-refractivity contribution in [3.63, 3.8) is 0 Å². The fraction of sp³-hybridized carbons (Fsp3) is 0.533. The Balaban J connectivity index is 0.00000176. The maximum absolute atomic E-state index is 12.6. The van der Waals surface area contributed by atoms with Crippen molar-refractivity contribution >= 4 is 22.4 Å². The van der Waals surface area contributed by atoms with Gasteiger partial charge in [0.2, 0.25) is 10.0 Å². The minimum absolute atomic E-state index is 0. The van der Waals surface area contributed by atoms with Crippen molar-refractivity contribution in [2.24, 2.45) is 0 Å². The van der Waals surface area contributed by atoms with E-state index in [0.717, 1.165) is 19.3 Å². The highest BCUT2D eigenvalue weighted by atomic mass is 35.5. The highest BCUT2D eigenvalue weighted by molar-refractivity contribution is 7.88. The molecule has 0 aromatic heterocycles. The molecule has 3 rings (SSSR count). The van der Waals surface area contributed by atoms with Crippen molar-refractivity contribution in [2.75, 3.05) is 13.1 Å². The summed E-state index contributed by atoms with van der Waals surface area (Å²) in [6.07, 6.45) is 3.09. The van der Waals surface area contributed by atoms with Crippen molar-refractivity contribution < 1.29 is 8.42 Å². The molecule has 0 aliphatic carbocycles. The van der Waals surface area contributed by atoms with Gasteiger partial charge in [-0.1, -0.05) is 12.1 Å². The lowest BCUT2D eigenvalue weighted by atomic mass is 10.1. The van der Waals surface area contributed by atoms with Gasteiger partial charge in [0, 0.05) is 25.2 Å². The number of halogens is 1. The van der Waals surface area contributed by atoms with Crippen molar-refractivity contribution in [1.82, 2.24) is 9.62 Å². The van der Waals surface area contributed by atoms with Crippen LogP contribution in [0.2, 0.25) is 0 Å². The van der Waals surface area contributed by atoms with Gasteiger partial charge >= 0.3 is 0 Å². The number of nitrogens with one attached hydrogen (secondary N) is 1. The fourth-order valence-corrected chi connectivity index (χ4v) is 4.77. The molecule has 1 aromatic rings. The number of rotatable bonds is 3. The molecular weight excluding hydrogens is 322 g/mol. The Morgan fingerprint density at radius 1 is 1.27 bits per heavy atom. The van der Waals surface area contributed by atoms with E-state index in [4.69, 9.17) is 5.26 Å². The Hall–Kier alpha value is -1.13. The van der Waals surface area contributed by atoms with Crippen LogP contribution in [0, 0.1) is 11.3 Å². The number of nitriles is 1. The minimum atomic E-state index is -3.32. The second-order valence-corrected chi connectivity index (χ2v) is 7.82. The van der Waals surface area contributed by atoms with E-state index in [1.807, 2.05) is 6.07 Å². The first-order valence-corrected chi connectivity index (χ1v) is 8.91. The summed E-state index contributed by atoms with van der Waals surface area (Å²) < 4.78 is 26.8. The number of benzene rings is 1.